The van der Waals surface area contributed by atoms with Crippen LogP contribution >= 0.6 is 0 Å². The van der Waals surface area contributed by atoms with Gasteiger partial charge in [0.25, 0.3) is 0 Å². The average Bonchev–Trinajstić information content (AvgIpc) is 2.29. The van der Waals surface area contributed by atoms with Crippen LogP contribution in [-0.2, 0) is 6.42 Å². The molecule has 1 aliphatic rings. The minimum Gasteiger partial charge on any atom is -0.0620 e. The molecule has 0 fully saturated rings. The van der Waals surface area contributed by atoms with E-state index in [1.807, 2.05) is 13.0 Å². The van der Waals surface area contributed by atoms with Gasteiger partial charge in [-0.25, -0.2) is 0 Å². The van der Waals surface area contributed by atoms with Gasteiger partial charge in [0.2, 0.25) is 0 Å². The van der Waals surface area contributed by atoms with Gasteiger partial charge >= 0.3 is 0 Å². The van der Waals surface area contributed by atoms with E-state index in [2.05, 4.69) is 18.2 Å². The minimum atomic E-state index is -0.323. The summed E-state index contributed by atoms with van der Waals surface area (Å²) in [4.78, 5) is 0. The zero-order valence-corrected chi connectivity index (χ0v) is 6.22. The number of aryl methyl sites for hydroxylation is 1. The quantitative estimate of drug-likeness (QED) is 0.510. The normalized spacial score (nSPS) is 31.5. The van der Waals surface area contributed by atoms with Crippen molar-refractivity contribution < 1.29 is 1.37 Å². The van der Waals surface area contributed by atoms with Crippen molar-refractivity contribution in [3.63, 3.8) is 0 Å². The Kier molecular flexibility index (Phi) is 1.05. The van der Waals surface area contributed by atoms with Crippen molar-refractivity contribution in [1.29, 1.82) is 0 Å². The summed E-state index contributed by atoms with van der Waals surface area (Å²) in [7, 11) is 0. The molecule has 1 aromatic carbocycles. The maximum Gasteiger partial charge on any atom is 0.0350 e. The summed E-state index contributed by atoms with van der Waals surface area (Å²) >= 11 is 0. The van der Waals surface area contributed by atoms with Crippen molar-refractivity contribution in [3.05, 3.63) is 35.4 Å². The number of rotatable bonds is 0. The third kappa shape index (κ3) is 0.756. The van der Waals surface area contributed by atoms with Crippen LogP contribution < -0.4 is 0 Å². The Hall–Kier alpha value is -0.780. The van der Waals surface area contributed by atoms with E-state index in [0.29, 0.717) is 0 Å². The minimum absolute atomic E-state index is 0.323. The van der Waals surface area contributed by atoms with E-state index >= 15 is 0 Å². The highest BCUT2D eigenvalue weighted by molar-refractivity contribution is 5.33. The average molecular weight is 133 g/mol. The van der Waals surface area contributed by atoms with E-state index in [4.69, 9.17) is 1.37 Å². The van der Waals surface area contributed by atoms with Crippen molar-refractivity contribution in [2.24, 2.45) is 0 Å². The second-order valence-corrected chi connectivity index (χ2v) is 2.94. The molecule has 0 amide bonds. The molecular weight excluding hydrogens is 120 g/mol. The molecule has 52 valence electrons. The number of hydrogen-bond acceptors (Lipinski definition) is 0. The Morgan fingerprint density at radius 1 is 1.50 bits per heavy atom. The largest absolute Gasteiger partial charge is 0.0620 e. The lowest BCUT2D eigenvalue weighted by Gasteiger charge is -2.01. The molecule has 0 N–H and O–H groups in total. The first-order valence-electron chi connectivity index (χ1n) is 4.28. The highest BCUT2D eigenvalue weighted by atomic mass is 14.2. The molecule has 0 radical (unpaired) electrons. The van der Waals surface area contributed by atoms with Gasteiger partial charge in [0.05, 0.1) is 0 Å². The summed E-state index contributed by atoms with van der Waals surface area (Å²) < 4.78 is 7.97. The number of fused-ring (bicyclic) bond motifs is 1. The standard InChI is InChI=1S/C10H12/c1-8-6-7-9-4-2-3-5-10(8)9/h2-5,8H,6-7H2,1H3/i8D. The molecule has 0 saturated heterocycles. The molecule has 1 aromatic rings. The summed E-state index contributed by atoms with van der Waals surface area (Å²) in [5, 5.41) is 0. The van der Waals surface area contributed by atoms with Crippen LogP contribution in [0.1, 0.15) is 31.7 Å². The molecule has 2 rings (SSSR count). The van der Waals surface area contributed by atoms with Crippen LogP contribution in [0.4, 0.5) is 0 Å². The van der Waals surface area contributed by atoms with Crippen molar-refractivity contribution in [1.82, 2.24) is 0 Å². The molecule has 0 heteroatoms. The van der Waals surface area contributed by atoms with Gasteiger partial charge in [0.1, 0.15) is 0 Å². The smallest absolute Gasteiger partial charge is 0.0350 e. The molecule has 0 aromatic heterocycles. The van der Waals surface area contributed by atoms with Gasteiger partial charge in [0.15, 0.2) is 0 Å². The Morgan fingerprint density at radius 3 is 3.10 bits per heavy atom. The fraction of sp³-hybridized carbons (Fsp3) is 0.400. The van der Waals surface area contributed by atoms with Crippen molar-refractivity contribution in [2.45, 2.75) is 25.7 Å². The van der Waals surface area contributed by atoms with Gasteiger partial charge in [0, 0.05) is 1.37 Å². The molecular formula is C10H12. The monoisotopic (exact) mass is 133 g/mol. The van der Waals surface area contributed by atoms with E-state index in [1.165, 1.54) is 11.1 Å². The lowest BCUT2D eigenvalue weighted by atomic mass is 10.0. The van der Waals surface area contributed by atoms with Gasteiger partial charge in [-0.15, -0.1) is 0 Å². The second kappa shape index (κ2) is 2.12. The summed E-state index contributed by atoms with van der Waals surface area (Å²) in [6.07, 6.45) is 2.06. The maximum atomic E-state index is 7.97. The Balaban J connectivity index is 2.56. The summed E-state index contributed by atoms with van der Waals surface area (Å²) in [6, 6.07) is 8.29. The Bertz CT molecular complexity index is 276. The number of benzene rings is 1. The SMILES string of the molecule is [2H]C1(C)CCc2ccccc21. The second-order valence-electron chi connectivity index (χ2n) is 2.94. The zero-order valence-electron chi connectivity index (χ0n) is 7.22. The molecule has 0 bridgehead atoms. The topological polar surface area (TPSA) is 0 Å². The van der Waals surface area contributed by atoms with Crippen molar-refractivity contribution >= 4 is 0 Å². The molecule has 1 atom stereocenters. The van der Waals surface area contributed by atoms with Crippen molar-refractivity contribution in [2.75, 3.05) is 0 Å². The third-order valence-corrected chi connectivity index (χ3v) is 2.25. The fourth-order valence-corrected chi connectivity index (χ4v) is 1.61. The highest BCUT2D eigenvalue weighted by Gasteiger charge is 2.16. The van der Waals surface area contributed by atoms with Crippen LogP contribution in [0.3, 0.4) is 0 Å². The lowest BCUT2D eigenvalue weighted by molar-refractivity contribution is 0.747. The molecule has 1 unspecified atom stereocenters. The first-order valence-corrected chi connectivity index (χ1v) is 3.78. The summed E-state index contributed by atoms with van der Waals surface area (Å²) in [5.74, 6) is -0.323. The molecule has 1 aliphatic carbocycles. The summed E-state index contributed by atoms with van der Waals surface area (Å²) in [5.41, 5.74) is 2.59. The molecule has 10 heavy (non-hydrogen) atoms. The van der Waals surface area contributed by atoms with Gasteiger partial charge in [-0.1, -0.05) is 31.2 Å². The van der Waals surface area contributed by atoms with Gasteiger partial charge in [-0.05, 0) is 29.9 Å². The van der Waals surface area contributed by atoms with E-state index in [1.54, 1.807) is 0 Å². The van der Waals surface area contributed by atoms with Gasteiger partial charge in [-0.3, -0.25) is 0 Å². The van der Waals surface area contributed by atoms with Gasteiger partial charge in [-0.2, -0.15) is 0 Å². The summed E-state index contributed by atoms with van der Waals surface area (Å²) in [6.45, 7) is 2.00. The predicted molar refractivity (Wildman–Crippen MR) is 43.2 cm³/mol. The van der Waals surface area contributed by atoms with E-state index < -0.39 is 0 Å². The van der Waals surface area contributed by atoms with Crippen LogP contribution in [-0.4, -0.2) is 0 Å². The van der Waals surface area contributed by atoms with Crippen LogP contribution in [0.25, 0.3) is 0 Å². The number of hydrogen-bond donors (Lipinski definition) is 0. The first-order chi connectivity index (χ1) is 5.20. The van der Waals surface area contributed by atoms with Gasteiger partial charge < -0.3 is 0 Å². The van der Waals surface area contributed by atoms with Crippen LogP contribution in [0.2, 0.25) is 0 Å². The molecule has 0 aliphatic heterocycles. The zero-order chi connectivity index (χ0) is 7.90. The van der Waals surface area contributed by atoms with E-state index in [9.17, 15) is 0 Å². The third-order valence-electron chi connectivity index (χ3n) is 2.25. The molecule has 0 saturated carbocycles. The Labute approximate surface area is 63.3 Å². The first kappa shape index (κ1) is 4.95. The molecule has 0 heterocycles. The molecule has 0 nitrogen and oxygen atoms in total. The van der Waals surface area contributed by atoms with Crippen LogP contribution in [0.15, 0.2) is 24.3 Å². The van der Waals surface area contributed by atoms with E-state index in [-0.39, 0.29) is 5.89 Å². The Morgan fingerprint density at radius 2 is 2.30 bits per heavy atom. The predicted octanol–water partition coefficient (Wildman–Crippen LogP) is 2.74. The molecule has 0 spiro atoms. The fourth-order valence-electron chi connectivity index (χ4n) is 1.61. The van der Waals surface area contributed by atoms with Crippen LogP contribution in [0, 0.1) is 0 Å². The lowest BCUT2D eigenvalue weighted by Crippen LogP contribution is -1.83. The maximum absolute atomic E-state index is 7.97. The van der Waals surface area contributed by atoms with E-state index in [0.717, 1.165) is 12.8 Å². The highest BCUT2D eigenvalue weighted by Crippen LogP contribution is 2.31. The van der Waals surface area contributed by atoms with Crippen molar-refractivity contribution in [3.8, 4) is 0 Å². The van der Waals surface area contributed by atoms with Crippen LogP contribution in [0.5, 0.6) is 0 Å².